The van der Waals surface area contributed by atoms with Crippen LogP contribution in [0.4, 0.5) is 0 Å². The van der Waals surface area contributed by atoms with Gasteiger partial charge < -0.3 is 14.7 Å². The number of piperidine rings is 1. The summed E-state index contributed by atoms with van der Waals surface area (Å²) in [5.41, 5.74) is 1.32. The zero-order valence-corrected chi connectivity index (χ0v) is 13.8. The highest BCUT2D eigenvalue weighted by molar-refractivity contribution is 5.87. The number of morpholine rings is 1. The Balaban J connectivity index is 1.62. The van der Waals surface area contributed by atoms with Crippen LogP contribution in [0.3, 0.4) is 0 Å². The Morgan fingerprint density at radius 1 is 1.21 bits per heavy atom. The van der Waals surface area contributed by atoms with Crippen LogP contribution in [0.15, 0.2) is 24.3 Å². The number of aromatic carboxylic acids is 1. The van der Waals surface area contributed by atoms with Crippen molar-refractivity contribution in [1.82, 2.24) is 9.80 Å². The van der Waals surface area contributed by atoms with E-state index in [9.17, 15) is 9.59 Å². The Kier molecular flexibility index (Phi) is 5.48. The predicted octanol–water partition coefficient (Wildman–Crippen LogP) is 1.42. The zero-order valence-electron chi connectivity index (χ0n) is 13.8. The van der Waals surface area contributed by atoms with Gasteiger partial charge in [0, 0.05) is 32.1 Å². The van der Waals surface area contributed by atoms with E-state index in [1.165, 1.54) is 0 Å². The first-order chi connectivity index (χ1) is 11.6. The molecule has 130 valence electrons. The number of carbonyl (C=O) groups excluding carboxylic acids is 1. The van der Waals surface area contributed by atoms with E-state index in [1.54, 1.807) is 18.2 Å². The minimum Gasteiger partial charge on any atom is -0.478 e. The van der Waals surface area contributed by atoms with E-state index >= 15 is 0 Å². The molecule has 3 rings (SSSR count). The van der Waals surface area contributed by atoms with Gasteiger partial charge in [0.05, 0.1) is 25.3 Å². The summed E-state index contributed by atoms with van der Waals surface area (Å²) >= 11 is 0. The highest BCUT2D eigenvalue weighted by atomic mass is 16.5. The third-order valence-corrected chi connectivity index (χ3v) is 4.84. The zero-order chi connectivity index (χ0) is 16.9. The summed E-state index contributed by atoms with van der Waals surface area (Å²) in [6.07, 6.45) is 1.95. The van der Waals surface area contributed by atoms with Crippen molar-refractivity contribution in [2.24, 2.45) is 0 Å². The molecular formula is C18H24N2O4. The van der Waals surface area contributed by atoms with Gasteiger partial charge in [-0.15, -0.1) is 0 Å². The van der Waals surface area contributed by atoms with Crippen LogP contribution in [0.1, 0.15) is 34.7 Å². The minimum absolute atomic E-state index is 0.163. The third kappa shape index (κ3) is 4.13. The Labute approximate surface area is 142 Å². The molecule has 2 aliphatic rings. The second kappa shape index (κ2) is 7.77. The van der Waals surface area contributed by atoms with E-state index in [0.717, 1.165) is 38.0 Å². The molecule has 0 aromatic heterocycles. The van der Waals surface area contributed by atoms with E-state index in [4.69, 9.17) is 9.84 Å². The molecule has 6 heteroatoms. The lowest BCUT2D eigenvalue weighted by atomic mass is 9.89. The smallest absolute Gasteiger partial charge is 0.335 e. The average Bonchev–Trinajstić information content (AvgIpc) is 2.63. The van der Waals surface area contributed by atoms with Crippen LogP contribution in [0.5, 0.6) is 0 Å². The largest absolute Gasteiger partial charge is 0.478 e. The molecule has 2 saturated heterocycles. The average molecular weight is 332 g/mol. The van der Waals surface area contributed by atoms with Gasteiger partial charge in [0.1, 0.15) is 0 Å². The van der Waals surface area contributed by atoms with Crippen LogP contribution in [0.25, 0.3) is 0 Å². The molecule has 0 bridgehead atoms. The van der Waals surface area contributed by atoms with Crippen molar-refractivity contribution in [1.29, 1.82) is 0 Å². The minimum atomic E-state index is -0.909. The lowest BCUT2D eigenvalue weighted by Crippen LogP contribution is -2.47. The van der Waals surface area contributed by atoms with E-state index in [-0.39, 0.29) is 11.8 Å². The fraction of sp³-hybridized carbons (Fsp3) is 0.556. The first kappa shape index (κ1) is 16.9. The highest BCUT2D eigenvalue weighted by Gasteiger charge is 2.26. The molecule has 1 atom stereocenters. The topological polar surface area (TPSA) is 70.1 Å². The molecule has 0 unspecified atom stereocenters. The number of ether oxygens (including phenoxy) is 1. The number of rotatable bonds is 4. The SMILES string of the molecule is O=C(O)c1cccc([C@H]2CCCN(C(=O)CN3CCOCC3)C2)c1. The quantitative estimate of drug-likeness (QED) is 0.903. The van der Waals surface area contributed by atoms with Crippen LogP contribution in [-0.2, 0) is 9.53 Å². The number of hydrogen-bond acceptors (Lipinski definition) is 4. The lowest BCUT2D eigenvalue weighted by Gasteiger charge is -2.35. The number of likely N-dealkylation sites (tertiary alicyclic amines) is 1. The highest BCUT2D eigenvalue weighted by Crippen LogP contribution is 2.27. The van der Waals surface area contributed by atoms with Crippen LogP contribution in [-0.4, -0.2) is 72.7 Å². The fourth-order valence-electron chi connectivity index (χ4n) is 3.45. The Morgan fingerprint density at radius 2 is 2.00 bits per heavy atom. The van der Waals surface area contributed by atoms with Crippen molar-refractivity contribution in [3.05, 3.63) is 35.4 Å². The molecule has 1 aromatic carbocycles. The molecule has 0 spiro atoms. The summed E-state index contributed by atoms with van der Waals surface area (Å²) < 4.78 is 5.32. The van der Waals surface area contributed by atoms with Crippen molar-refractivity contribution in [2.45, 2.75) is 18.8 Å². The Bertz CT molecular complexity index is 598. The van der Waals surface area contributed by atoms with Gasteiger partial charge in [-0.3, -0.25) is 9.69 Å². The van der Waals surface area contributed by atoms with Crippen molar-refractivity contribution in [3.63, 3.8) is 0 Å². The summed E-state index contributed by atoms with van der Waals surface area (Å²) in [5.74, 6) is -0.532. The molecule has 1 N–H and O–H groups in total. The first-order valence-corrected chi connectivity index (χ1v) is 8.54. The summed E-state index contributed by atoms with van der Waals surface area (Å²) in [5, 5.41) is 9.15. The fourth-order valence-corrected chi connectivity index (χ4v) is 3.45. The first-order valence-electron chi connectivity index (χ1n) is 8.54. The summed E-state index contributed by atoms with van der Waals surface area (Å²) in [6.45, 7) is 4.92. The molecule has 24 heavy (non-hydrogen) atoms. The maximum Gasteiger partial charge on any atom is 0.335 e. The number of carboxylic acid groups (broad SMARTS) is 1. The van der Waals surface area contributed by atoms with E-state index in [2.05, 4.69) is 4.90 Å². The molecule has 2 heterocycles. The second-order valence-electron chi connectivity index (χ2n) is 6.50. The van der Waals surface area contributed by atoms with Gasteiger partial charge in [0.2, 0.25) is 5.91 Å². The molecule has 1 amide bonds. The van der Waals surface area contributed by atoms with Gasteiger partial charge in [-0.25, -0.2) is 4.79 Å². The van der Waals surface area contributed by atoms with Gasteiger partial charge in [-0.1, -0.05) is 12.1 Å². The number of nitrogens with zero attached hydrogens (tertiary/aromatic N) is 2. The number of benzene rings is 1. The molecule has 2 fully saturated rings. The van der Waals surface area contributed by atoms with Gasteiger partial charge in [0.15, 0.2) is 0 Å². The maximum absolute atomic E-state index is 12.6. The third-order valence-electron chi connectivity index (χ3n) is 4.84. The molecule has 2 aliphatic heterocycles. The van der Waals surface area contributed by atoms with Gasteiger partial charge in [-0.2, -0.15) is 0 Å². The van der Waals surface area contributed by atoms with Gasteiger partial charge in [0.25, 0.3) is 0 Å². The molecule has 6 nitrogen and oxygen atoms in total. The lowest BCUT2D eigenvalue weighted by molar-refractivity contribution is -0.134. The van der Waals surface area contributed by atoms with Crippen LogP contribution >= 0.6 is 0 Å². The summed E-state index contributed by atoms with van der Waals surface area (Å²) in [4.78, 5) is 27.8. The predicted molar refractivity (Wildman–Crippen MR) is 89.2 cm³/mol. The van der Waals surface area contributed by atoms with Gasteiger partial charge in [-0.05, 0) is 30.5 Å². The Morgan fingerprint density at radius 3 is 2.75 bits per heavy atom. The van der Waals surface area contributed by atoms with E-state index in [0.29, 0.717) is 31.9 Å². The standard InChI is InChI=1S/C18H24N2O4/c21-17(13-19-7-9-24-10-8-19)20-6-2-5-16(12-20)14-3-1-4-15(11-14)18(22)23/h1,3-4,11,16H,2,5-10,12-13H2,(H,22,23)/t16-/m0/s1. The molecule has 1 aromatic rings. The normalized spacial score (nSPS) is 22.3. The molecular weight excluding hydrogens is 308 g/mol. The van der Waals surface area contributed by atoms with Crippen LogP contribution < -0.4 is 0 Å². The number of hydrogen-bond donors (Lipinski definition) is 1. The number of amides is 1. The number of carbonyl (C=O) groups is 2. The summed E-state index contributed by atoms with van der Waals surface area (Å²) in [6, 6.07) is 7.10. The second-order valence-corrected chi connectivity index (χ2v) is 6.50. The number of carboxylic acids is 1. The van der Waals surface area contributed by atoms with Crippen molar-refractivity contribution in [3.8, 4) is 0 Å². The van der Waals surface area contributed by atoms with E-state index < -0.39 is 5.97 Å². The molecule has 0 saturated carbocycles. The van der Waals surface area contributed by atoms with Crippen molar-refractivity contribution in [2.75, 3.05) is 45.9 Å². The van der Waals surface area contributed by atoms with Crippen molar-refractivity contribution < 1.29 is 19.4 Å². The van der Waals surface area contributed by atoms with Gasteiger partial charge >= 0.3 is 5.97 Å². The summed E-state index contributed by atoms with van der Waals surface area (Å²) in [7, 11) is 0. The molecule has 0 aliphatic carbocycles. The van der Waals surface area contributed by atoms with Crippen molar-refractivity contribution >= 4 is 11.9 Å². The monoisotopic (exact) mass is 332 g/mol. The van der Waals surface area contributed by atoms with Crippen LogP contribution in [0.2, 0.25) is 0 Å². The molecule has 0 radical (unpaired) electrons. The van der Waals surface area contributed by atoms with E-state index in [1.807, 2.05) is 11.0 Å². The Hall–Kier alpha value is -1.92. The van der Waals surface area contributed by atoms with Crippen LogP contribution in [0, 0.1) is 0 Å². The maximum atomic E-state index is 12.6.